The van der Waals surface area contributed by atoms with E-state index in [1.165, 1.54) is 0 Å². The van der Waals surface area contributed by atoms with E-state index in [1.54, 1.807) is 6.07 Å². The summed E-state index contributed by atoms with van der Waals surface area (Å²) >= 11 is 0. The Balaban J connectivity index is 1.44. The van der Waals surface area contributed by atoms with Crippen molar-refractivity contribution < 1.29 is 19.1 Å². The number of rotatable bonds is 7. The lowest BCUT2D eigenvalue weighted by Crippen LogP contribution is -2.47. The van der Waals surface area contributed by atoms with Crippen molar-refractivity contribution in [2.45, 2.75) is 12.8 Å². The fraction of sp³-hybridized carbons (Fsp3) is 0.250. The van der Waals surface area contributed by atoms with Crippen molar-refractivity contribution in [3.05, 3.63) is 54.6 Å². The van der Waals surface area contributed by atoms with Crippen molar-refractivity contribution in [1.29, 1.82) is 0 Å². The van der Waals surface area contributed by atoms with Gasteiger partial charge in [0, 0.05) is 11.5 Å². The smallest absolute Gasteiger partial charge is 0.276 e. The van der Waals surface area contributed by atoms with Crippen LogP contribution in [0.1, 0.15) is 12.8 Å². The normalized spacial score (nSPS) is 12.7. The summed E-state index contributed by atoms with van der Waals surface area (Å²) in [4.78, 5) is 35.0. The first-order valence-corrected chi connectivity index (χ1v) is 8.76. The second-order valence-corrected chi connectivity index (χ2v) is 6.24. The predicted octanol–water partition coefficient (Wildman–Crippen LogP) is 1.41. The van der Waals surface area contributed by atoms with Crippen LogP contribution in [-0.2, 0) is 14.4 Å². The first kappa shape index (κ1) is 18.4. The molecule has 0 aliphatic heterocycles. The molecule has 1 fully saturated rings. The molecule has 0 unspecified atom stereocenters. The first-order chi connectivity index (χ1) is 13.1. The second kappa shape index (κ2) is 8.84. The Bertz CT molecular complexity index is 819. The van der Waals surface area contributed by atoms with E-state index >= 15 is 0 Å². The van der Waals surface area contributed by atoms with Gasteiger partial charge in [-0.1, -0.05) is 48.5 Å². The Hall–Kier alpha value is -3.35. The van der Waals surface area contributed by atoms with Crippen molar-refractivity contribution in [1.82, 2.24) is 16.2 Å². The minimum absolute atomic E-state index is 0.0328. The Morgan fingerprint density at radius 1 is 0.889 bits per heavy atom. The van der Waals surface area contributed by atoms with Crippen LogP contribution in [0, 0.1) is 5.92 Å². The van der Waals surface area contributed by atoms with E-state index in [1.807, 2.05) is 48.5 Å². The molecule has 27 heavy (non-hydrogen) atoms. The number of carbonyl (C=O) groups is 3. The van der Waals surface area contributed by atoms with Gasteiger partial charge in [-0.3, -0.25) is 25.2 Å². The molecule has 1 saturated carbocycles. The van der Waals surface area contributed by atoms with Crippen molar-refractivity contribution in [2.75, 3.05) is 13.2 Å². The highest BCUT2D eigenvalue weighted by molar-refractivity contribution is 5.88. The fourth-order valence-electron chi connectivity index (χ4n) is 2.47. The molecule has 7 heteroatoms. The molecule has 0 aromatic heterocycles. The molecular weight excluding hydrogens is 346 g/mol. The SMILES string of the molecule is O=C(CNC(=O)C1CC1)NNC(=O)COc1ccccc1-c1ccccc1. The number of amides is 3. The monoisotopic (exact) mass is 367 g/mol. The molecule has 1 aliphatic carbocycles. The third-order valence-corrected chi connectivity index (χ3v) is 4.04. The molecule has 140 valence electrons. The minimum atomic E-state index is -0.500. The van der Waals surface area contributed by atoms with Crippen molar-refractivity contribution in [3.63, 3.8) is 0 Å². The Morgan fingerprint density at radius 3 is 2.30 bits per heavy atom. The van der Waals surface area contributed by atoms with Crippen LogP contribution in [0.2, 0.25) is 0 Å². The van der Waals surface area contributed by atoms with Crippen LogP contribution in [0.25, 0.3) is 11.1 Å². The van der Waals surface area contributed by atoms with Gasteiger partial charge in [0.15, 0.2) is 6.61 Å². The van der Waals surface area contributed by atoms with Gasteiger partial charge in [-0.25, -0.2) is 0 Å². The third kappa shape index (κ3) is 5.57. The molecule has 0 saturated heterocycles. The average Bonchev–Trinajstić information content (AvgIpc) is 3.55. The molecular formula is C20H21N3O4. The maximum absolute atomic E-state index is 11.9. The molecule has 0 heterocycles. The lowest BCUT2D eigenvalue weighted by atomic mass is 10.1. The van der Waals surface area contributed by atoms with Crippen LogP contribution in [0.3, 0.4) is 0 Å². The van der Waals surface area contributed by atoms with E-state index in [2.05, 4.69) is 16.2 Å². The number of hydrogen-bond donors (Lipinski definition) is 3. The minimum Gasteiger partial charge on any atom is -0.483 e. The Kier molecular flexibility index (Phi) is 6.04. The van der Waals surface area contributed by atoms with E-state index in [9.17, 15) is 14.4 Å². The van der Waals surface area contributed by atoms with Crippen LogP contribution in [-0.4, -0.2) is 30.9 Å². The average molecular weight is 367 g/mol. The lowest BCUT2D eigenvalue weighted by molar-refractivity contribution is -0.130. The zero-order chi connectivity index (χ0) is 19.1. The summed E-state index contributed by atoms with van der Waals surface area (Å²) in [5.74, 6) is -0.522. The second-order valence-electron chi connectivity index (χ2n) is 6.24. The topological polar surface area (TPSA) is 96.5 Å². The quantitative estimate of drug-likeness (QED) is 0.645. The number of ether oxygens (including phenoxy) is 1. The molecule has 2 aromatic carbocycles. The van der Waals surface area contributed by atoms with Gasteiger partial charge in [-0.05, 0) is 24.5 Å². The van der Waals surface area contributed by atoms with E-state index in [4.69, 9.17) is 4.74 Å². The van der Waals surface area contributed by atoms with Gasteiger partial charge in [0.05, 0.1) is 6.54 Å². The standard InChI is InChI=1S/C20H21N3O4/c24-18(12-21-20(26)15-10-11-15)22-23-19(25)13-27-17-9-5-4-8-16(17)14-6-2-1-3-7-14/h1-9,15H,10-13H2,(H,21,26)(H,22,24)(H,23,25). The first-order valence-electron chi connectivity index (χ1n) is 8.76. The summed E-state index contributed by atoms with van der Waals surface area (Å²) in [6.45, 7) is -0.425. The number of nitrogens with one attached hydrogen (secondary N) is 3. The summed E-state index contributed by atoms with van der Waals surface area (Å²) in [6, 6.07) is 17.1. The number of hydrazine groups is 1. The van der Waals surface area contributed by atoms with Crippen LogP contribution in [0.15, 0.2) is 54.6 Å². The molecule has 7 nitrogen and oxygen atoms in total. The summed E-state index contributed by atoms with van der Waals surface area (Å²) in [6.07, 6.45) is 1.73. The number of para-hydroxylation sites is 1. The Labute approximate surface area is 157 Å². The number of hydrogen-bond acceptors (Lipinski definition) is 4. The van der Waals surface area contributed by atoms with E-state index < -0.39 is 11.8 Å². The molecule has 3 N–H and O–H groups in total. The molecule has 3 amide bonds. The molecule has 0 radical (unpaired) electrons. The van der Waals surface area contributed by atoms with Gasteiger partial charge in [-0.15, -0.1) is 0 Å². The summed E-state index contributed by atoms with van der Waals surface area (Å²) < 4.78 is 5.59. The van der Waals surface area contributed by atoms with Crippen molar-refractivity contribution >= 4 is 17.7 Å². The van der Waals surface area contributed by atoms with E-state index in [0.29, 0.717) is 5.75 Å². The Morgan fingerprint density at radius 2 is 1.56 bits per heavy atom. The molecule has 0 atom stereocenters. The fourth-order valence-corrected chi connectivity index (χ4v) is 2.47. The van der Waals surface area contributed by atoms with Gasteiger partial charge in [0.25, 0.3) is 11.8 Å². The highest BCUT2D eigenvalue weighted by Gasteiger charge is 2.29. The van der Waals surface area contributed by atoms with Gasteiger partial charge >= 0.3 is 0 Å². The van der Waals surface area contributed by atoms with Gasteiger partial charge in [-0.2, -0.15) is 0 Å². The number of benzene rings is 2. The zero-order valence-electron chi connectivity index (χ0n) is 14.7. The van der Waals surface area contributed by atoms with Crippen LogP contribution in [0.4, 0.5) is 0 Å². The molecule has 3 rings (SSSR count). The van der Waals surface area contributed by atoms with Crippen molar-refractivity contribution in [2.24, 2.45) is 5.92 Å². The predicted molar refractivity (Wildman–Crippen MR) is 99.4 cm³/mol. The molecule has 0 bridgehead atoms. The van der Waals surface area contributed by atoms with E-state index in [0.717, 1.165) is 24.0 Å². The molecule has 1 aliphatic rings. The van der Waals surface area contributed by atoms with E-state index in [-0.39, 0.29) is 25.0 Å². The van der Waals surface area contributed by atoms with Crippen LogP contribution < -0.4 is 20.9 Å². The number of carbonyl (C=O) groups excluding carboxylic acids is 3. The zero-order valence-corrected chi connectivity index (χ0v) is 14.7. The van der Waals surface area contributed by atoms with Gasteiger partial charge in [0.2, 0.25) is 5.91 Å². The van der Waals surface area contributed by atoms with Gasteiger partial charge < -0.3 is 10.1 Å². The molecule has 0 spiro atoms. The largest absolute Gasteiger partial charge is 0.483 e. The van der Waals surface area contributed by atoms with Crippen molar-refractivity contribution in [3.8, 4) is 16.9 Å². The third-order valence-electron chi connectivity index (χ3n) is 4.04. The van der Waals surface area contributed by atoms with Crippen LogP contribution >= 0.6 is 0 Å². The van der Waals surface area contributed by atoms with Gasteiger partial charge in [0.1, 0.15) is 5.75 Å². The lowest BCUT2D eigenvalue weighted by Gasteiger charge is -2.12. The summed E-state index contributed by atoms with van der Waals surface area (Å²) in [5.41, 5.74) is 6.36. The highest BCUT2D eigenvalue weighted by Crippen LogP contribution is 2.29. The summed E-state index contributed by atoms with van der Waals surface area (Å²) in [5, 5.41) is 2.52. The molecule has 2 aromatic rings. The van der Waals surface area contributed by atoms with Crippen LogP contribution in [0.5, 0.6) is 5.75 Å². The summed E-state index contributed by atoms with van der Waals surface area (Å²) in [7, 11) is 0. The highest BCUT2D eigenvalue weighted by atomic mass is 16.5. The maximum Gasteiger partial charge on any atom is 0.276 e. The maximum atomic E-state index is 11.9.